The van der Waals surface area contributed by atoms with Crippen LogP contribution in [0.15, 0.2) is 72.8 Å². The van der Waals surface area contributed by atoms with Crippen molar-refractivity contribution in [3.63, 3.8) is 0 Å². The summed E-state index contributed by atoms with van der Waals surface area (Å²) < 4.78 is 14.1. The Balaban J connectivity index is 1.53. The molecule has 0 radical (unpaired) electrons. The second kappa shape index (κ2) is 7.98. The zero-order valence-corrected chi connectivity index (χ0v) is 18.4. The van der Waals surface area contributed by atoms with Gasteiger partial charge < -0.3 is 10.2 Å². The molecule has 0 saturated carbocycles. The number of carbonyl (C=O) groups is 2. The van der Waals surface area contributed by atoms with E-state index in [4.69, 9.17) is 0 Å². The van der Waals surface area contributed by atoms with E-state index in [1.54, 1.807) is 21.9 Å². The SMILES string of the molecule is Cc1ccccc1CN1C(=O)[C@]2(SCCN2C(=O)Nc2ccccc2F)c2ccccc21. The maximum Gasteiger partial charge on any atom is 0.323 e. The highest BCUT2D eigenvalue weighted by atomic mass is 32.2. The molecule has 1 N–H and O–H groups in total. The Kier molecular flexibility index (Phi) is 5.13. The molecule has 2 aliphatic heterocycles. The molecule has 0 aromatic heterocycles. The number of fused-ring (bicyclic) bond motifs is 2. The first-order valence-electron chi connectivity index (χ1n) is 10.5. The summed E-state index contributed by atoms with van der Waals surface area (Å²) in [6.45, 7) is 2.84. The number of hydrogen-bond donors (Lipinski definition) is 1. The highest BCUT2D eigenvalue weighted by Crippen LogP contribution is 2.54. The van der Waals surface area contributed by atoms with Gasteiger partial charge in [0.15, 0.2) is 4.87 Å². The number of thioether (sulfide) groups is 1. The standard InChI is InChI=1S/C25H22FN3O2S/c1-17-8-2-3-9-18(17)16-28-22-13-7-4-10-19(22)25(23(28)30)29(14-15-32-25)24(31)27-21-12-6-5-11-20(21)26/h2-13H,14-16H2,1H3,(H,27,31)/t25-/m1/s1. The second-order valence-electron chi connectivity index (χ2n) is 7.89. The lowest BCUT2D eigenvalue weighted by atomic mass is 10.1. The smallest absolute Gasteiger partial charge is 0.305 e. The van der Waals surface area contributed by atoms with E-state index in [2.05, 4.69) is 5.32 Å². The molecule has 5 nitrogen and oxygen atoms in total. The average molecular weight is 448 g/mol. The molecule has 1 spiro atoms. The number of benzene rings is 3. The molecule has 1 atom stereocenters. The summed E-state index contributed by atoms with van der Waals surface area (Å²) in [4.78, 5) is 29.4. The van der Waals surface area contributed by atoms with Crippen LogP contribution in [-0.2, 0) is 16.2 Å². The van der Waals surface area contributed by atoms with E-state index < -0.39 is 16.7 Å². The Morgan fingerprint density at radius 1 is 1.06 bits per heavy atom. The van der Waals surface area contributed by atoms with E-state index in [9.17, 15) is 14.0 Å². The minimum absolute atomic E-state index is 0.0973. The third kappa shape index (κ3) is 3.15. The number of rotatable bonds is 3. The number of carbonyl (C=O) groups excluding carboxylic acids is 2. The van der Waals surface area contributed by atoms with Crippen LogP contribution in [0.1, 0.15) is 16.7 Å². The first-order valence-corrected chi connectivity index (χ1v) is 11.4. The van der Waals surface area contributed by atoms with Gasteiger partial charge in [-0.1, -0.05) is 54.6 Å². The van der Waals surface area contributed by atoms with Crippen molar-refractivity contribution in [1.29, 1.82) is 0 Å². The molecule has 3 amide bonds. The Bertz CT molecular complexity index is 1220. The van der Waals surface area contributed by atoms with Crippen LogP contribution < -0.4 is 10.2 Å². The Morgan fingerprint density at radius 3 is 2.59 bits per heavy atom. The number of halogens is 1. The van der Waals surface area contributed by atoms with Gasteiger partial charge in [-0.15, -0.1) is 11.8 Å². The van der Waals surface area contributed by atoms with Crippen LogP contribution in [0.25, 0.3) is 0 Å². The molecule has 0 unspecified atom stereocenters. The molecule has 7 heteroatoms. The molecule has 2 aliphatic rings. The molecule has 3 aromatic rings. The van der Waals surface area contributed by atoms with Crippen LogP contribution in [0, 0.1) is 12.7 Å². The molecule has 32 heavy (non-hydrogen) atoms. The first-order chi connectivity index (χ1) is 15.5. The normalized spacial score (nSPS) is 19.5. The van der Waals surface area contributed by atoms with Crippen molar-refractivity contribution in [1.82, 2.24) is 4.90 Å². The molecular formula is C25H22FN3O2S. The predicted octanol–water partition coefficient (Wildman–Crippen LogP) is 5.11. The zero-order valence-electron chi connectivity index (χ0n) is 17.5. The summed E-state index contributed by atoms with van der Waals surface area (Å²) in [7, 11) is 0. The van der Waals surface area contributed by atoms with Crippen LogP contribution >= 0.6 is 11.8 Å². The van der Waals surface area contributed by atoms with Gasteiger partial charge in [-0.2, -0.15) is 0 Å². The molecule has 3 aromatic carbocycles. The second-order valence-corrected chi connectivity index (χ2v) is 9.18. The van der Waals surface area contributed by atoms with Crippen molar-refractivity contribution in [3.8, 4) is 0 Å². The van der Waals surface area contributed by atoms with Gasteiger partial charge in [-0.3, -0.25) is 9.69 Å². The van der Waals surface area contributed by atoms with E-state index in [-0.39, 0.29) is 11.6 Å². The van der Waals surface area contributed by atoms with Crippen molar-refractivity contribution in [2.24, 2.45) is 0 Å². The van der Waals surface area contributed by atoms with E-state index in [1.807, 2.05) is 55.5 Å². The quantitative estimate of drug-likeness (QED) is 0.607. The summed E-state index contributed by atoms with van der Waals surface area (Å²) in [5.41, 5.74) is 3.86. The minimum Gasteiger partial charge on any atom is -0.305 e. The van der Waals surface area contributed by atoms with Crippen LogP contribution in [0.3, 0.4) is 0 Å². The molecule has 1 saturated heterocycles. The number of amides is 3. The molecule has 1 fully saturated rings. The Morgan fingerprint density at radius 2 is 1.78 bits per heavy atom. The van der Waals surface area contributed by atoms with Crippen molar-refractivity contribution in [2.45, 2.75) is 18.3 Å². The van der Waals surface area contributed by atoms with Gasteiger partial charge >= 0.3 is 6.03 Å². The summed E-state index contributed by atoms with van der Waals surface area (Å²) in [5.74, 6) is -0.0441. The summed E-state index contributed by atoms with van der Waals surface area (Å²) in [5, 5.41) is 2.66. The highest BCUT2D eigenvalue weighted by Gasteiger charge is 2.59. The van der Waals surface area contributed by atoms with Gasteiger partial charge in [0.2, 0.25) is 0 Å². The molecule has 162 valence electrons. The largest absolute Gasteiger partial charge is 0.323 e. The van der Waals surface area contributed by atoms with Crippen molar-refractivity contribution < 1.29 is 14.0 Å². The van der Waals surface area contributed by atoms with Gasteiger partial charge in [-0.05, 0) is 36.2 Å². The molecule has 5 rings (SSSR count). The average Bonchev–Trinajstić information content (AvgIpc) is 3.34. The first kappa shape index (κ1) is 20.6. The van der Waals surface area contributed by atoms with Gasteiger partial charge in [0.1, 0.15) is 5.82 Å². The summed E-state index contributed by atoms with van der Waals surface area (Å²) in [6.07, 6.45) is 0. The highest BCUT2D eigenvalue weighted by molar-refractivity contribution is 8.01. The lowest BCUT2D eigenvalue weighted by Gasteiger charge is -2.33. The monoisotopic (exact) mass is 447 g/mol. The predicted molar refractivity (Wildman–Crippen MR) is 125 cm³/mol. The third-order valence-electron chi connectivity index (χ3n) is 6.05. The van der Waals surface area contributed by atoms with Crippen molar-refractivity contribution in [2.75, 3.05) is 22.5 Å². The Labute approximate surface area is 190 Å². The summed E-state index contributed by atoms with van der Waals surface area (Å²) in [6, 6.07) is 21.1. The topological polar surface area (TPSA) is 52.7 Å². The maximum absolute atomic E-state index is 14.1. The van der Waals surface area contributed by atoms with E-state index in [0.29, 0.717) is 18.8 Å². The van der Waals surface area contributed by atoms with E-state index in [1.165, 1.54) is 23.9 Å². The van der Waals surface area contributed by atoms with Crippen molar-refractivity contribution in [3.05, 3.63) is 95.3 Å². The number of nitrogens with one attached hydrogen (secondary N) is 1. The van der Waals surface area contributed by atoms with Crippen LogP contribution in [0.5, 0.6) is 0 Å². The Hall–Kier alpha value is -3.32. The van der Waals surface area contributed by atoms with Crippen LogP contribution in [-0.4, -0.2) is 29.1 Å². The van der Waals surface area contributed by atoms with Crippen LogP contribution in [0.4, 0.5) is 20.6 Å². The lowest BCUT2D eigenvalue weighted by Crippen LogP contribution is -2.51. The fourth-order valence-corrected chi connectivity index (χ4v) is 5.89. The van der Waals surface area contributed by atoms with Gasteiger partial charge in [0.25, 0.3) is 5.91 Å². The fraction of sp³-hybridized carbons (Fsp3) is 0.200. The maximum atomic E-state index is 14.1. The third-order valence-corrected chi connectivity index (χ3v) is 7.47. The number of aryl methyl sites for hydroxylation is 1. The van der Waals surface area contributed by atoms with Crippen molar-refractivity contribution >= 4 is 35.1 Å². The molecule has 2 heterocycles. The van der Waals surface area contributed by atoms with E-state index in [0.717, 1.165) is 22.4 Å². The van der Waals surface area contributed by atoms with Crippen LogP contribution in [0.2, 0.25) is 0 Å². The number of urea groups is 1. The van der Waals surface area contributed by atoms with Gasteiger partial charge in [0, 0.05) is 17.9 Å². The number of hydrogen-bond acceptors (Lipinski definition) is 3. The minimum atomic E-state index is -1.16. The lowest BCUT2D eigenvalue weighted by molar-refractivity contribution is -0.123. The summed E-state index contributed by atoms with van der Waals surface area (Å²) >= 11 is 1.45. The zero-order chi connectivity index (χ0) is 22.3. The van der Waals surface area contributed by atoms with Gasteiger partial charge in [0.05, 0.1) is 17.9 Å². The molecule has 0 aliphatic carbocycles. The molecule has 0 bridgehead atoms. The number of para-hydroxylation sites is 2. The van der Waals surface area contributed by atoms with E-state index >= 15 is 0 Å². The fourth-order valence-electron chi connectivity index (χ4n) is 4.43. The van der Waals surface area contributed by atoms with Gasteiger partial charge in [-0.25, -0.2) is 9.18 Å². The number of anilines is 2. The number of nitrogens with zero attached hydrogens (tertiary/aromatic N) is 2. The molecular weight excluding hydrogens is 425 g/mol.